The number of rotatable bonds is 2. The van der Waals surface area contributed by atoms with E-state index in [2.05, 4.69) is 0 Å². The number of likely N-dealkylation sites (tertiary alicyclic amines) is 1. The first-order chi connectivity index (χ1) is 10.2. The van der Waals surface area contributed by atoms with Crippen LogP contribution in [-0.2, 0) is 11.8 Å². The van der Waals surface area contributed by atoms with Gasteiger partial charge in [0.05, 0.1) is 0 Å². The molecule has 6 nitrogen and oxygen atoms in total. The zero-order valence-electron chi connectivity index (χ0n) is 14.0. The zero-order valence-corrected chi connectivity index (χ0v) is 14.0. The topological polar surface area (TPSA) is 94.3 Å². The van der Waals surface area contributed by atoms with Gasteiger partial charge >= 0.3 is 0 Å². The minimum absolute atomic E-state index is 0.0141. The summed E-state index contributed by atoms with van der Waals surface area (Å²) in [6, 6.07) is 3.51. The van der Waals surface area contributed by atoms with Crippen molar-refractivity contribution in [1.29, 1.82) is 0 Å². The summed E-state index contributed by atoms with van der Waals surface area (Å²) in [6.45, 7) is 4.70. The van der Waals surface area contributed by atoms with Gasteiger partial charge in [0.25, 0.3) is 5.56 Å². The Hall–Kier alpha value is -1.66. The fourth-order valence-electron chi connectivity index (χ4n) is 2.26. The van der Waals surface area contributed by atoms with Crippen molar-refractivity contribution >= 4 is 5.91 Å². The van der Waals surface area contributed by atoms with E-state index in [0.717, 1.165) is 18.5 Å². The number of carbonyl (C=O) groups excluding carboxylic acids is 1. The molecule has 1 fully saturated rings. The van der Waals surface area contributed by atoms with Gasteiger partial charge in [0.15, 0.2) is 0 Å². The van der Waals surface area contributed by atoms with E-state index in [1.54, 1.807) is 24.2 Å². The van der Waals surface area contributed by atoms with Crippen molar-refractivity contribution in [2.45, 2.75) is 38.8 Å². The van der Waals surface area contributed by atoms with Gasteiger partial charge < -0.3 is 20.9 Å². The maximum absolute atomic E-state index is 11.2. The Balaban J connectivity index is 0.000000220. The van der Waals surface area contributed by atoms with Gasteiger partial charge in [-0.25, -0.2) is 0 Å². The third kappa shape index (κ3) is 5.27. The van der Waals surface area contributed by atoms with E-state index in [-0.39, 0.29) is 23.6 Å². The first-order valence-electron chi connectivity index (χ1n) is 7.64. The summed E-state index contributed by atoms with van der Waals surface area (Å²) < 4.78 is 1.52. The molecule has 0 aliphatic carbocycles. The first kappa shape index (κ1) is 18.4. The molecule has 6 heteroatoms. The van der Waals surface area contributed by atoms with Crippen LogP contribution in [0.4, 0.5) is 0 Å². The Morgan fingerprint density at radius 1 is 1.23 bits per heavy atom. The van der Waals surface area contributed by atoms with Crippen LogP contribution < -0.4 is 17.0 Å². The molecule has 2 heterocycles. The fraction of sp³-hybridized carbons (Fsp3) is 0.625. The maximum atomic E-state index is 11.2. The van der Waals surface area contributed by atoms with Gasteiger partial charge in [-0.3, -0.25) is 9.59 Å². The normalized spacial score (nSPS) is 20.9. The molecule has 0 saturated carbocycles. The van der Waals surface area contributed by atoms with Crippen LogP contribution in [0, 0.1) is 5.92 Å². The molecule has 124 valence electrons. The highest BCUT2D eigenvalue weighted by molar-refractivity contribution is 5.76. The zero-order chi connectivity index (χ0) is 16.9. The van der Waals surface area contributed by atoms with E-state index in [4.69, 9.17) is 11.5 Å². The molecule has 1 aliphatic rings. The highest BCUT2D eigenvalue weighted by Crippen LogP contribution is 2.19. The number of pyridine rings is 1. The Morgan fingerprint density at radius 3 is 2.32 bits per heavy atom. The van der Waals surface area contributed by atoms with Crippen molar-refractivity contribution < 1.29 is 4.79 Å². The summed E-state index contributed by atoms with van der Waals surface area (Å²) in [7, 11) is 3.56. The standard InChI is InChI=1S/C8H16N2O.C8H12N2O/c2*1-6(9)7-3-4-10(2)8(11)5-7/h6-7H,3-5,9H2,1-2H3;3-6H,9H2,1-2H3. The molecule has 1 aromatic rings. The molecule has 3 atom stereocenters. The van der Waals surface area contributed by atoms with Crippen LogP contribution in [0.15, 0.2) is 23.1 Å². The lowest BCUT2D eigenvalue weighted by atomic mass is 9.91. The second kappa shape index (κ2) is 8.10. The van der Waals surface area contributed by atoms with Gasteiger partial charge in [0, 0.05) is 51.4 Å². The van der Waals surface area contributed by atoms with Crippen LogP contribution in [0.3, 0.4) is 0 Å². The molecule has 0 aromatic carbocycles. The van der Waals surface area contributed by atoms with Crippen LogP contribution in [0.25, 0.3) is 0 Å². The van der Waals surface area contributed by atoms with Crippen molar-refractivity contribution in [2.24, 2.45) is 24.4 Å². The maximum Gasteiger partial charge on any atom is 0.250 e. The van der Waals surface area contributed by atoms with Gasteiger partial charge in [-0.1, -0.05) is 0 Å². The predicted octanol–water partition coefficient (Wildman–Crippen LogP) is 0.607. The summed E-state index contributed by atoms with van der Waals surface area (Å²) in [5.41, 5.74) is 12.2. The van der Waals surface area contributed by atoms with E-state index in [0.29, 0.717) is 12.3 Å². The summed E-state index contributed by atoms with van der Waals surface area (Å²) >= 11 is 0. The molecule has 4 N–H and O–H groups in total. The third-order valence-corrected chi connectivity index (χ3v) is 4.10. The summed E-state index contributed by atoms with van der Waals surface area (Å²) in [5, 5.41) is 0. The SMILES string of the molecule is CC(N)C1CCN(C)C(=O)C1.CC(N)c1ccn(C)c(=O)c1. The highest BCUT2D eigenvalue weighted by Gasteiger charge is 2.25. The molecule has 1 saturated heterocycles. The average Bonchev–Trinajstić information content (AvgIpc) is 2.45. The van der Waals surface area contributed by atoms with Gasteiger partial charge in [0.1, 0.15) is 0 Å². The quantitative estimate of drug-likeness (QED) is 0.837. The van der Waals surface area contributed by atoms with Crippen LogP contribution in [0.2, 0.25) is 0 Å². The first-order valence-corrected chi connectivity index (χ1v) is 7.64. The van der Waals surface area contributed by atoms with Gasteiger partial charge in [-0.2, -0.15) is 0 Å². The molecule has 1 aliphatic heterocycles. The van der Waals surface area contributed by atoms with E-state index >= 15 is 0 Å². The fourth-order valence-corrected chi connectivity index (χ4v) is 2.26. The van der Waals surface area contributed by atoms with Crippen molar-refractivity contribution in [3.8, 4) is 0 Å². The Labute approximate surface area is 132 Å². The number of amides is 1. The number of piperidine rings is 1. The molecule has 0 radical (unpaired) electrons. The predicted molar refractivity (Wildman–Crippen MR) is 88.3 cm³/mol. The molecular weight excluding hydrogens is 280 g/mol. The van der Waals surface area contributed by atoms with Crippen molar-refractivity contribution in [3.63, 3.8) is 0 Å². The Morgan fingerprint density at radius 2 is 1.86 bits per heavy atom. The van der Waals surface area contributed by atoms with Crippen LogP contribution >= 0.6 is 0 Å². The summed E-state index contributed by atoms with van der Waals surface area (Å²) in [5.74, 6) is 0.636. The van der Waals surface area contributed by atoms with Crippen LogP contribution in [0.5, 0.6) is 0 Å². The molecular formula is C16H28N4O2. The number of nitrogens with two attached hydrogens (primary N) is 2. The second-order valence-corrected chi connectivity index (χ2v) is 6.13. The molecule has 0 spiro atoms. The summed E-state index contributed by atoms with van der Waals surface area (Å²) in [6.07, 6.45) is 3.41. The smallest absolute Gasteiger partial charge is 0.250 e. The lowest BCUT2D eigenvalue weighted by Gasteiger charge is -2.30. The monoisotopic (exact) mass is 308 g/mol. The van der Waals surface area contributed by atoms with Crippen molar-refractivity contribution in [2.75, 3.05) is 13.6 Å². The lowest BCUT2D eigenvalue weighted by molar-refractivity contribution is -0.133. The van der Waals surface area contributed by atoms with Gasteiger partial charge in [-0.15, -0.1) is 0 Å². The van der Waals surface area contributed by atoms with E-state index in [1.807, 2.05) is 27.0 Å². The molecule has 1 aromatic heterocycles. The van der Waals surface area contributed by atoms with Gasteiger partial charge in [-0.05, 0) is 37.8 Å². The number of carbonyl (C=O) groups is 1. The second-order valence-electron chi connectivity index (χ2n) is 6.13. The molecule has 22 heavy (non-hydrogen) atoms. The number of nitrogens with zero attached hydrogens (tertiary/aromatic N) is 2. The third-order valence-electron chi connectivity index (χ3n) is 4.10. The van der Waals surface area contributed by atoms with E-state index in [1.165, 1.54) is 4.57 Å². The van der Waals surface area contributed by atoms with E-state index in [9.17, 15) is 9.59 Å². The largest absolute Gasteiger partial charge is 0.346 e. The average molecular weight is 308 g/mol. The minimum Gasteiger partial charge on any atom is -0.346 e. The molecule has 1 amide bonds. The molecule has 2 rings (SSSR count). The van der Waals surface area contributed by atoms with E-state index < -0.39 is 0 Å². The number of hydrogen-bond donors (Lipinski definition) is 2. The van der Waals surface area contributed by atoms with Crippen LogP contribution in [0.1, 0.15) is 38.3 Å². The van der Waals surface area contributed by atoms with Crippen LogP contribution in [-0.4, -0.2) is 35.0 Å². The minimum atomic E-state index is -0.0658. The Bertz CT molecular complexity index is 551. The Kier molecular flexibility index (Phi) is 6.77. The molecule has 3 unspecified atom stereocenters. The van der Waals surface area contributed by atoms with Crippen molar-refractivity contribution in [1.82, 2.24) is 9.47 Å². The number of aryl methyl sites for hydroxylation is 1. The van der Waals surface area contributed by atoms with Crippen molar-refractivity contribution in [3.05, 3.63) is 34.2 Å². The number of hydrogen-bond acceptors (Lipinski definition) is 4. The molecule has 0 bridgehead atoms. The highest BCUT2D eigenvalue weighted by atomic mass is 16.2. The summed E-state index contributed by atoms with van der Waals surface area (Å²) in [4.78, 5) is 24.0. The lowest BCUT2D eigenvalue weighted by Crippen LogP contribution is -2.41. The number of aromatic nitrogens is 1. The van der Waals surface area contributed by atoms with Gasteiger partial charge in [0.2, 0.25) is 5.91 Å².